The molecule has 4 N–H and O–H groups in total. The molecule has 0 aliphatic heterocycles. The smallest absolute Gasteiger partial charge is 0.373 e. The van der Waals surface area contributed by atoms with Crippen molar-refractivity contribution in [1.29, 1.82) is 0 Å². The fourth-order valence-corrected chi connectivity index (χ4v) is 2.84. The monoisotopic (exact) mass is 388 g/mol. The second-order valence-electron chi connectivity index (χ2n) is 4.89. The second kappa shape index (κ2) is 6.57. The maximum atomic E-state index is 12.6. The van der Waals surface area contributed by atoms with E-state index in [2.05, 4.69) is 0 Å². The van der Waals surface area contributed by atoms with Crippen molar-refractivity contribution < 1.29 is 36.3 Å². The number of carbonyl (C=O) groups excluding carboxylic acids is 2. The first kappa shape index (κ1) is 20.2. The van der Waals surface area contributed by atoms with Crippen LogP contribution in [0, 0.1) is 0 Å². The van der Waals surface area contributed by atoms with Crippen LogP contribution in [0.25, 0.3) is 0 Å². The summed E-state index contributed by atoms with van der Waals surface area (Å²) < 4.78 is 61.3. The molecule has 0 bridgehead atoms. The lowest BCUT2D eigenvalue weighted by atomic mass is 10.1. The highest BCUT2D eigenvalue weighted by molar-refractivity contribution is 7.92. The summed E-state index contributed by atoms with van der Waals surface area (Å²) in [5.41, 5.74) is 0.765. The van der Waals surface area contributed by atoms with Crippen molar-refractivity contribution in [3.05, 3.63) is 23.2 Å². The summed E-state index contributed by atoms with van der Waals surface area (Å²) in [6, 6.07) is 2.67. The number of primary amides is 1. The number of aliphatic hydroxyl groups is 1. The SMILES string of the molecule is CC(O)(C(=O)Nc1ccc(S(=O)(=O)CC(N)=O)cc1Cl)C(F)(F)F. The molecule has 0 aliphatic carbocycles. The van der Waals surface area contributed by atoms with Crippen molar-refractivity contribution in [3.8, 4) is 0 Å². The molecule has 7 nitrogen and oxygen atoms in total. The van der Waals surface area contributed by atoms with Crippen LogP contribution in [0.4, 0.5) is 18.9 Å². The number of benzene rings is 1. The van der Waals surface area contributed by atoms with Gasteiger partial charge in [0.2, 0.25) is 11.5 Å². The number of hydrogen-bond acceptors (Lipinski definition) is 5. The van der Waals surface area contributed by atoms with E-state index in [9.17, 15) is 36.3 Å². The van der Waals surface area contributed by atoms with Gasteiger partial charge in [0.15, 0.2) is 9.84 Å². The maximum absolute atomic E-state index is 12.6. The van der Waals surface area contributed by atoms with E-state index in [0.29, 0.717) is 0 Å². The van der Waals surface area contributed by atoms with Crippen LogP contribution in [-0.2, 0) is 19.4 Å². The molecule has 12 heteroatoms. The number of amides is 2. The summed E-state index contributed by atoms with van der Waals surface area (Å²) in [4.78, 5) is 21.8. The van der Waals surface area contributed by atoms with Crippen LogP contribution in [-0.4, -0.2) is 42.9 Å². The molecular weight excluding hydrogens is 377 g/mol. The highest BCUT2D eigenvalue weighted by atomic mass is 35.5. The van der Waals surface area contributed by atoms with Crippen LogP contribution in [0.15, 0.2) is 23.1 Å². The van der Waals surface area contributed by atoms with Crippen molar-refractivity contribution in [3.63, 3.8) is 0 Å². The van der Waals surface area contributed by atoms with Gasteiger partial charge in [0.05, 0.1) is 15.6 Å². The van der Waals surface area contributed by atoms with Crippen LogP contribution in [0.5, 0.6) is 0 Å². The maximum Gasteiger partial charge on any atom is 0.426 e. The third-order valence-corrected chi connectivity index (χ3v) is 4.82. The summed E-state index contributed by atoms with van der Waals surface area (Å²) in [6.07, 6.45) is -5.23. The van der Waals surface area contributed by atoms with Gasteiger partial charge in [-0.15, -0.1) is 0 Å². The van der Waals surface area contributed by atoms with Crippen molar-refractivity contribution in [1.82, 2.24) is 0 Å². The largest absolute Gasteiger partial charge is 0.426 e. The standard InChI is InChI=1S/C12H12ClF3N2O5S/c1-11(21,12(14,15)16)10(20)18-8-3-2-6(4-7(8)13)24(22,23)5-9(17)19/h2-4,21H,5H2,1H3,(H2,17,19)(H,18,20). The highest BCUT2D eigenvalue weighted by Gasteiger charge is 2.55. The highest BCUT2D eigenvalue weighted by Crippen LogP contribution is 2.32. The molecule has 1 atom stereocenters. The Bertz CT molecular complexity index is 777. The van der Waals surface area contributed by atoms with Crippen LogP contribution in [0.1, 0.15) is 6.92 Å². The lowest BCUT2D eigenvalue weighted by molar-refractivity contribution is -0.242. The van der Waals surface area contributed by atoms with Crippen LogP contribution < -0.4 is 11.1 Å². The predicted octanol–water partition coefficient (Wildman–Crippen LogP) is 0.851. The molecule has 134 valence electrons. The zero-order chi connectivity index (χ0) is 18.9. The Balaban J connectivity index is 3.10. The summed E-state index contributed by atoms with van der Waals surface area (Å²) in [5.74, 6) is -3.90. The Labute approximate surface area is 139 Å². The molecule has 1 rings (SSSR count). The van der Waals surface area contributed by atoms with Crippen molar-refractivity contribution >= 4 is 38.9 Å². The lowest BCUT2D eigenvalue weighted by Gasteiger charge is -2.25. The molecule has 0 aliphatic rings. The third kappa shape index (κ3) is 4.36. The molecule has 24 heavy (non-hydrogen) atoms. The number of carbonyl (C=O) groups is 2. The quantitative estimate of drug-likeness (QED) is 0.689. The first-order chi connectivity index (χ1) is 10.7. The first-order valence-corrected chi connectivity index (χ1v) is 8.12. The van der Waals surface area contributed by atoms with Gasteiger partial charge in [0, 0.05) is 0 Å². The minimum absolute atomic E-state index is 0.252. The van der Waals surface area contributed by atoms with Gasteiger partial charge in [-0.25, -0.2) is 8.42 Å². The number of rotatable bonds is 5. The van der Waals surface area contributed by atoms with E-state index in [1.54, 1.807) is 5.32 Å². The van der Waals surface area contributed by atoms with Gasteiger partial charge in [-0.1, -0.05) is 11.6 Å². The molecule has 1 aromatic rings. The molecule has 0 fully saturated rings. The average molecular weight is 389 g/mol. The number of nitrogens with one attached hydrogen (secondary N) is 1. The number of halogens is 4. The fraction of sp³-hybridized carbons (Fsp3) is 0.333. The van der Waals surface area contributed by atoms with Crippen molar-refractivity contribution in [2.45, 2.75) is 23.6 Å². The van der Waals surface area contributed by atoms with E-state index in [0.717, 1.165) is 18.2 Å². The molecule has 2 amide bonds. The van der Waals surface area contributed by atoms with Gasteiger partial charge in [-0.3, -0.25) is 9.59 Å². The third-order valence-electron chi connectivity index (χ3n) is 2.87. The molecule has 0 heterocycles. The molecule has 0 radical (unpaired) electrons. The van der Waals surface area contributed by atoms with E-state index in [1.165, 1.54) is 0 Å². The number of hydrogen-bond donors (Lipinski definition) is 3. The fourth-order valence-electron chi connectivity index (χ4n) is 1.43. The van der Waals surface area contributed by atoms with E-state index in [1.807, 2.05) is 0 Å². The molecule has 1 unspecified atom stereocenters. The Hall–Kier alpha value is -1.85. The molecule has 0 saturated carbocycles. The van der Waals surface area contributed by atoms with Gasteiger partial charge in [0.1, 0.15) is 5.75 Å². The Morgan fingerprint density at radius 2 is 1.88 bits per heavy atom. The number of sulfone groups is 1. The summed E-state index contributed by atoms with van der Waals surface area (Å²) >= 11 is 5.72. The van der Waals surface area contributed by atoms with Crippen LogP contribution >= 0.6 is 11.6 Å². The average Bonchev–Trinajstić information content (AvgIpc) is 2.37. The minimum Gasteiger partial charge on any atom is -0.373 e. The molecule has 0 spiro atoms. The van der Waals surface area contributed by atoms with E-state index in [4.69, 9.17) is 17.3 Å². The van der Waals surface area contributed by atoms with E-state index >= 15 is 0 Å². The van der Waals surface area contributed by atoms with Crippen LogP contribution in [0.3, 0.4) is 0 Å². The van der Waals surface area contributed by atoms with Gasteiger partial charge in [0.25, 0.3) is 5.91 Å². The summed E-state index contributed by atoms with van der Waals surface area (Å²) in [5, 5.41) is 10.6. The zero-order valence-corrected chi connectivity index (χ0v) is 13.6. The van der Waals surface area contributed by atoms with Gasteiger partial charge in [-0.05, 0) is 25.1 Å². The lowest BCUT2D eigenvalue weighted by Crippen LogP contribution is -2.52. The predicted molar refractivity (Wildman–Crippen MR) is 78.0 cm³/mol. The second-order valence-corrected chi connectivity index (χ2v) is 7.29. The molecule has 1 aromatic carbocycles. The molecular formula is C12H12ClF3N2O5S. The zero-order valence-electron chi connectivity index (χ0n) is 12.0. The Morgan fingerprint density at radius 3 is 2.29 bits per heavy atom. The van der Waals surface area contributed by atoms with E-state index in [-0.39, 0.29) is 12.6 Å². The molecule has 0 saturated heterocycles. The van der Waals surface area contributed by atoms with Gasteiger partial charge < -0.3 is 16.2 Å². The number of anilines is 1. The summed E-state index contributed by atoms with van der Waals surface area (Å²) in [6.45, 7) is 0.252. The van der Waals surface area contributed by atoms with Crippen LogP contribution in [0.2, 0.25) is 5.02 Å². The van der Waals surface area contributed by atoms with Crippen molar-refractivity contribution in [2.75, 3.05) is 11.1 Å². The number of nitrogens with two attached hydrogens (primary N) is 1. The topological polar surface area (TPSA) is 127 Å². The molecule has 0 aromatic heterocycles. The normalized spacial score (nSPS) is 14.8. The van der Waals surface area contributed by atoms with E-state index < -0.39 is 49.1 Å². The number of alkyl halides is 3. The minimum atomic E-state index is -5.23. The Morgan fingerprint density at radius 1 is 1.33 bits per heavy atom. The Kier molecular flexibility index (Phi) is 5.53. The van der Waals surface area contributed by atoms with Crippen molar-refractivity contribution in [2.24, 2.45) is 5.73 Å². The van der Waals surface area contributed by atoms with Gasteiger partial charge in [-0.2, -0.15) is 13.2 Å². The van der Waals surface area contributed by atoms with Gasteiger partial charge >= 0.3 is 6.18 Å². The first-order valence-electron chi connectivity index (χ1n) is 6.09. The summed E-state index contributed by atoms with van der Waals surface area (Å²) in [7, 11) is -4.08.